The number of nitrogens with one attached hydrogen (secondary N) is 1. The summed E-state index contributed by atoms with van der Waals surface area (Å²) in [6.07, 6.45) is 3.35. The highest BCUT2D eigenvalue weighted by atomic mass is 16.1. The van der Waals surface area contributed by atoms with Crippen LogP contribution in [0.15, 0.2) is 36.7 Å². The number of anilines is 1. The van der Waals surface area contributed by atoms with Crippen LogP contribution in [-0.4, -0.2) is 58.5 Å². The van der Waals surface area contributed by atoms with Crippen LogP contribution in [0.5, 0.6) is 0 Å². The molecule has 0 atom stereocenters. The van der Waals surface area contributed by atoms with E-state index in [2.05, 4.69) is 37.0 Å². The molecule has 7 heteroatoms. The van der Waals surface area contributed by atoms with E-state index >= 15 is 0 Å². The molecular formula is C17H22N6O. The number of rotatable bonds is 5. The van der Waals surface area contributed by atoms with Gasteiger partial charge in [0.2, 0.25) is 5.95 Å². The van der Waals surface area contributed by atoms with E-state index in [1.54, 1.807) is 18.5 Å². The van der Waals surface area contributed by atoms with E-state index in [4.69, 9.17) is 0 Å². The number of carbonyl (C=O) groups excluding carboxylic acids is 1. The molecule has 0 radical (unpaired) electrons. The van der Waals surface area contributed by atoms with Gasteiger partial charge in [0.25, 0.3) is 5.91 Å². The lowest BCUT2D eigenvalue weighted by molar-refractivity contribution is 0.0945. The minimum absolute atomic E-state index is 0.212. The topological polar surface area (TPSA) is 74.2 Å². The second-order valence-electron chi connectivity index (χ2n) is 5.67. The van der Waals surface area contributed by atoms with Crippen LogP contribution in [0.4, 0.5) is 5.95 Å². The van der Waals surface area contributed by atoms with E-state index in [1.165, 1.54) is 0 Å². The van der Waals surface area contributed by atoms with Gasteiger partial charge in [-0.2, -0.15) is 0 Å². The predicted octanol–water partition coefficient (Wildman–Crippen LogP) is 0.943. The van der Waals surface area contributed by atoms with Crippen LogP contribution in [0, 0.1) is 0 Å². The maximum atomic E-state index is 12.3. The van der Waals surface area contributed by atoms with Crippen molar-refractivity contribution in [2.45, 2.75) is 13.5 Å². The second-order valence-corrected chi connectivity index (χ2v) is 5.67. The number of carbonyl (C=O) groups is 1. The maximum absolute atomic E-state index is 12.3. The van der Waals surface area contributed by atoms with Gasteiger partial charge in [-0.25, -0.2) is 9.97 Å². The molecule has 1 amide bonds. The van der Waals surface area contributed by atoms with E-state index in [1.807, 2.05) is 18.2 Å². The molecule has 3 rings (SSSR count). The van der Waals surface area contributed by atoms with E-state index in [0.717, 1.165) is 38.4 Å². The Hall–Kier alpha value is -2.54. The number of pyridine rings is 1. The molecule has 3 heterocycles. The summed E-state index contributed by atoms with van der Waals surface area (Å²) >= 11 is 0. The van der Waals surface area contributed by atoms with Gasteiger partial charge in [-0.15, -0.1) is 0 Å². The molecule has 24 heavy (non-hydrogen) atoms. The number of hydrogen-bond acceptors (Lipinski definition) is 6. The quantitative estimate of drug-likeness (QED) is 0.881. The molecule has 0 aromatic carbocycles. The van der Waals surface area contributed by atoms with Crippen molar-refractivity contribution < 1.29 is 4.79 Å². The summed E-state index contributed by atoms with van der Waals surface area (Å²) in [7, 11) is 0. The van der Waals surface area contributed by atoms with Crippen molar-refractivity contribution in [2.24, 2.45) is 0 Å². The van der Waals surface area contributed by atoms with Gasteiger partial charge in [0.15, 0.2) is 0 Å². The monoisotopic (exact) mass is 326 g/mol. The van der Waals surface area contributed by atoms with Gasteiger partial charge in [-0.05, 0) is 24.7 Å². The molecule has 1 aliphatic heterocycles. The van der Waals surface area contributed by atoms with Crippen LogP contribution in [0.2, 0.25) is 0 Å². The van der Waals surface area contributed by atoms with Crippen LogP contribution in [0.1, 0.15) is 23.1 Å². The maximum Gasteiger partial charge on any atom is 0.270 e. The SMILES string of the molecule is CCN1CCN(c2nccc(C(=O)NCc3ccccn3)n2)CC1. The lowest BCUT2D eigenvalue weighted by atomic mass is 10.3. The zero-order valence-corrected chi connectivity index (χ0v) is 13.9. The van der Waals surface area contributed by atoms with Crippen LogP contribution < -0.4 is 10.2 Å². The fraction of sp³-hybridized carbons (Fsp3) is 0.412. The van der Waals surface area contributed by atoms with Crippen LogP contribution in [0.25, 0.3) is 0 Å². The first-order valence-corrected chi connectivity index (χ1v) is 8.24. The number of amides is 1. The molecule has 2 aromatic heterocycles. The van der Waals surface area contributed by atoms with Crippen LogP contribution in [0.3, 0.4) is 0 Å². The molecule has 0 spiro atoms. The van der Waals surface area contributed by atoms with E-state index < -0.39 is 0 Å². The molecule has 1 N–H and O–H groups in total. The summed E-state index contributed by atoms with van der Waals surface area (Å²) in [6, 6.07) is 7.26. The van der Waals surface area contributed by atoms with Crippen LogP contribution in [-0.2, 0) is 6.54 Å². The first-order valence-electron chi connectivity index (χ1n) is 8.24. The number of piperazine rings is 1. The Balaban J connectivity index is 1.61. The number of nitrogens with zero attached hydrogens (tertiary/aromatic N) is 5. The fourth-order valence-electron chi connectivity index (χ4n) is 2.66. The number of aromatic nitrogens is 3. The first-order chi connectivity index (χ1) is 11.8. The van der Waals surface area contributed by atoms with Gasteiger partial charge in [-0.3, -0.25) is 9.78 Å². The third kappa shape index (κ3) is 4.05. The lowest BCUT2D eigenvalue weighted by Crippen LogP contribution is -2.46. The second kappa shape index (κ2) is 7.83. The van der Waals surface area contributed by atoms with Gasteiger partial charge >= 0.3 is 0 Å². The van der Waals surface area contributed by atoms with E-state index in [9.17, 15) is 4.79 Å². The molecular weight excluding hydrogens is 304 g/mol. The third-order valence-corrected chi connectivity index (χ3v) is 4.13. The van der Waals surface area contributed by atoms with Crippen molar-refractivity contribution >= 4 is 11.9 Å². The van der Waals surface area contributed by atoms with Crippen molar-refractivity contribution in [3.63, 3.8) is 0 Å². The Kier molecular flexibility index (Phi) is 5.32. The number of likely N-dealkylation sites (N-methyl/N-ethyl adjacent to an activating group) is 1. The summed E-state index contributed by atoms with van der Waals surface area (Å²) in [5, 5.41) is 2.84. The normalized spacial score (nSPS) is 15.3. The largest absolute Gasteiger partial charge is 0.345 e. The summed E-state index contributed by atoms with van der Waals surface area (Å²) < 4.78 is 0. The summed E-state index contributed by atoms with van der Waals surface area (Å²) in [5.74, 6) is 0.410. The van der Waals surface area contributed by atoms with Gasteiger partial charge in [0.1, 0.15) is 5.69 Å². The van der Waals surface area contributed by atoms with E-state index in [-0.39, 0.29) is 5.91 Å². The summed E-state index contributed by atoms with van der Waals surface area (Å²) in [4.78, 5) is 29.7. The minimum Gasteiger partial charge on any atom is -0.345 e. The van der Waals surface area contributed by atoms with Crippen molar-refractivity contribution in [1.29, 1.82) is 0 Å². The Morgan fingerprint density at radius 2 is 1.96 bits per heavy atom. The molecule has 2 aromatic rings. The molecule has 0 bridgehead atoms. The highest BCUT2D eigenvalue weighted by molar-refractivity contribution is 5.92. The molecule has 1 fully saturated rings. The molecule has 0 aliphatic carbocycles. The fourth-order valence-corrected chi connectivity index (χ4v) is 2.66. The highest BCUT2D eigenvalue weighted by Gasteiger charge is 2.19. The Bertz CT molecular complexity index is 670. The van der Waals surface area contributed by atoms with Gasteiger partial charge in [0, 0.05) is 38.6 Å². The molecule has 0 saturated carbocycles. The van der Waals surface area contributed by atoms with Gasteiger partial charge < -0.3 is 15.1 Å². The standard InChI is InChI=1S/C17H22N6O/c1-2-22-9-11-23(12-10-22)17-19-8-6-15(21-17)16(24)20-13-14-5-3-4-7-18-14/h3-8H,2,9-13H2,1H3,(H,20,24). The molecule has 126 valence electrons. The van der Waals surface area contributed by atoms with Gasteiger partial charge in [0.05, 0.1) is 12.2 Å². The highest BCUT2D eigenvalue weighted by Crippen LogP contribution is 2.11. The van der Waals surface area contributed by atoms with Crippen molar-refractivity contribution in [2.75, 3.05) is 37.6 Å². The summed E-state index contributed by atoms with van der Waals surface area (Å²) in [6.45, 7) is 7.36. The van der Waals surface area contributed by atoms with Crippen molar-refractivity contribution in [3.05, 3.63) is 48.0 Å². The predicted molar refractivity (Wildman–Crippen MR) is 91.8 cm³/mol. The zero-order valence-electron chi connectivity index (χ0n) is 13.9. The van der Waals surface area contributed by atoms with Crippen molar-refractivity contribution in [3.8, 4) is 0 Å². The third-order valence-electron chi connectivity index (χ3n) is 4.13. The minimum atomic E-state index is -0.212. The average molecular weight is 326 g/mol. The van der Waals surface area contributed by atoms with Crippen LogP contribution >= 0.6 is 0 Å². The summed E-state index contributed by atoms with van der Waals surface area (Å²) in [5.41, 5.74) is 1.20. The zero-order chi connectivity index (χ0) is 16.8. The first kappa shape index (κ1) is 16.3. The molecule has 0 unspecified atom stereocenters. The number of hydrogen-bond donors (Lipinski definition) is 1. The van der Waals surface area contributed by atoms with E-state index in [0.29, 0.717) is 18.2 Å². The molecule has 1 aliphatic rings. The average Bonchev–Trinajstić information content (AvgIpc) is 2.67. The molecule has 1 saturated heterocycles. The Morgan fingerprint density at radius 3 is 2.67 bits per heavy atom. The van der Waals surface area contributed by atoms with Gasteiger partial charge in [-0.1, -0.05) is 13.0 Å². The lowest BCUT2D eigenvalue weighted by Gasteiger charge is -2.34. The Labute approximate surface area is 141 Å². The van der Waals surface area contributed by atoms with Crippen molar-refractivity contribution in [1.82, 2.24) is 25.2 Å². The molecule has 7 nitrogen and oxygen atoms in total. The smallest absolute Gasteiger partial charge is 0.270 e. The Morgan fingerprint density at radius 1 is 1.12 bits per heavy atom.